The lowest BCUT2D eigenvalue weighted by atomic mass is 10.2. The van der Waals surface area contributed by atoms with Crippen molar-refractivity contribution in [3.05, 3.63) is 12.2 Å². The SMILES string of the molecule is C=C(C)C(=O)NC(N)CCCC. The molecule has 3 nitrogen and oxygen atoms in total. The smallest absolute Gasteiger partial charge is 0.247 e. The van der Waals surface area contributed by atoms with Crippen molar-refractivity contribution in [1.82, 2.24) is 5.32 Å². The molecular weight excluding hydrogens is 152 g/mol. The lowest BCUT2D eigenvalue weighted by molar-refractivity contribution is -0.118. The maximum atomic E-state index is 11.0. The van der Waals surface area contributed by atoms with Gasteiger partial charge in [0, 0.05) is 5.57 Å². The summed E-state index contributed by atoms with van der Waals surface area (Å²) < 4.78 is 0. The zero-order chi connectivity index (χ0) is 9.56. The van der Waals surface area contributed by atoms with Crippen molar-refractivity contribution < 1.29 is 4.79 Å². The Morgan fingerprint density at radius 2 is 2.25 bits per heavy atom. The number of hydrogen-bond acceptors (Lipinski definition) is 2. The van der Waals surface area contributed by atoms with Crippen LogP contribution in [0.4, 0.5) is 0 Å². The third-order valence-electron chi connectivity index (χ3n) is 1.57. The fraction of sp³-hybridized carbons (Fsp3) is 0.667. The predicted molar refractivity (Wildman–Crippen MR) is 50.5 cm³/mol. The van der Waals surface area contributed by atoms with Crippen molar-refractivity contribution in [3.8, 4) is 0 Å². The Kier molecular flexibility index (Phi) is 5.37. The average molecular weight is 170 g/mol. The van der Waals surface area contributed by atoms with Crippen molar-refractivity contribution in [2.24, 2.45) is 5.73 Å². The summed E-state index contributed by atoms with van der Waals surface area (Å²) in [7, 11) is 0. The summed E-state index contributed by atoms with van der Waals surface area (Å²) in [5, 5.41) is 2.65. The Morgan fingerprint density at radius 3 is 2.67 bits per heavy atom. The number of nitrogens with one attached hydrogen (secondary N) is 1. The molecule has 0 aliphatic carbocycles. The van der Waals surface area contributed by atoms with Crippen LogP contribution in [0.1, 0.15) is 33.1 Å². The second kappa shape index (κ2) is 5.77. The predicted octanol–water partition coefficient (Wildman–Crippen LogP) is 1.15. The number of hydrogen-bond donors (Lipinski definition) is 2. The van der Waals surface area contributed by atoms with E-state index >= 15 is 0 Å². The molecule has 0 saturated heterocycles. The van der Waals surface area contributed by atoms with Gasteiger partial charge in [0.25, 0.3) is 0 Å². The van der Waals surface area contributed by atoms with Crippen molar-refractivity contribution in [2.45, 2.75) is 39.3 Å². The number of carbonyl (C=O) groups is 1. The van der Waals surface area contributed by atoms with E-state index in [9.17, 15) is 4.79 Å². The van der Waals surface area contributed by atoms with E-state index in [0.29, 0.717) is 5.57 Å². The molecular formula is C9H18N2O. The number of carbonyl (C=O) groups excluding carboxylic acids is 1. The van der Waals surface area contributed by atoms with E-state index in [1.165, 1.54) is 0 Å². The van der Waals surface area contributed by atoms with E-state index < -0.39 is 0 Å². The normalized spacial score (nSPS) is 12.2. The van der Waals surface area contributed by atoms with Gasteiger partial charge in [0.15, 0.2) is 0 Å². The van der Waals surface area contributed by atoms with Crippen LogP contribution in [0.25, 0.3) is 0 Å². The van der Waals surface area contributed by atoms with Gasteiger partial charge in [-0.15, -0.1) is 0 Å². The molecule has 0 aromatic carbocycles. The number of unbranched alkanes of at least 4 members (excludes halogenated alkanes) is 1. The molecule has 0 bridgehead atoms. The molecule has 0 aliphatic rings. The summed E-state index contributed by atoms with van der Waals surface area (Å²) >= 11 is 0. The zero-order valence-electron chi connectivity index (χ0n) is 7.89. The summed E-state index contributed by atoms with van der Waals surface area (Å²) in [5.74, 6) is -0.154. The van der Waals surface area contributed by atoms with Gasteiger partial charge in [-0.3, -0.25) is 4.79 Å². The fourth-order valence-corrected chi connectivity index (χ4v) is 0.788. The quantitative estimate of drug-likeness (QED) is 0.480. The van der Waals surface area contributed by atoms with Crippen LogP contribution in [-0.2, 0) is 4.79 Å². The maximum absolute atomic E-state index is 11.0. The molecule has 0 aromatic heterocycles. The molecule has 0 aliphatic heterocycles. The highest BCUT2D eigenvalue weighted by molar-refractivity contribution is 5.92. The van der Waals surface area contributed by atoms with Gasteiger partial charge in [0.2, 0.25) is 5.91 Å². The minimum absolute atomic E-state index is 0.154. The Bertz CT molecular complexity index is 166. The molecule has 12 heavy (non-hydrogen) atoms. The molecule has 3 N–H and O–H groups in total. The van der Waals surface area contributed by atoms with Crippen LogP contribution in [0.15, 0.2) is 12.2 Å². The summed E-state index contributed by atoms with van der Waals surface area (Å²) in [6.07, 6.45) is 2.73. The summed E-state index contributed by atoms with van der Waals surface area (Å²) in [5.41, 5.74) is 6.13. The molecule has 0 aromatic rings. The largest absolute Gasteiger partial charge is 0.337 e. The lowest BCUT2D eigenvalue weighted by Gasteiger charge is -2.12. The Morgan fingerprint density at radius 1 is 1.67 bits per heavy atom. The first-order valence-electron chi connectivity index (χ1n) is 4.30. The van der Waals surface area contributed by atoms with E-state index in [1.54, 1.807) is 6.92 Å². The topological polar surface area (TPSA) is 55.1 Å². The lowest BCUT2D eigenvalue weighted by Crippen LogP contribution is -2.41. The van der Waals surface area contributed by atoms with Gasteiger partial charge < -0.3 is 11.1 Å². The van der Waals surface area contributed by atoms with Crippen LogP contribution >= 0.6 is 0 Å². The van der Waals surface area contributed by atoms with E-state index in [2.05, 4.69) is 18.8 Å². The van der Waals surface area contributed by atoms with Gasteiger partial charge in [-0.05, 0) is 13.3 Å². The molecule has 1 atom stereocenters. The van der Waals surface area contributed by atoms with Crippen molar-refractivity contribution >= 4 is 5.91 Å². The zero-order valence-corrected chi connectivity index (χ0v) is 7.89. The Hall–Kier alpha value is -0.830. The summed E-state index contributed by atoms with van der Waals surface area (Å²) in [6, 6.07) is 0. The first-order chi connectivity index (χ1) is 5.57. The highest BCUT2D eigenvalue weighted by Crippen LogP contribution is 1.96. The van der Waals surface area contributed by atoms with Crippen molar-refractivity contribution in [3.63, 3.8) is 0 Å². The van der Waals surface area contributed by atoms with E-state index in [0.717, 1.165) is 19.3 Å². The van der Waals surface area contributed by atoms with Gasteiger partial charge in [-0.2, -0.15) is 0 Å². The number of amides is 1. The highest BCUT2D eigenvalue weighted by atomic mass is 16.1. The molecule has 0 spiro atoms. The van der Waals surface area contributed by atoms with Crippen LogP contribution in [-0.4, -0.2) is 12.1 Å². The first kappa shape index (κ1) is 11.2. The van der Waals surface area contributed by atoms with Gasteiger partial charge >= 0.3 is 0 Å². The number of nitrogens with two attached hydrogens (primary N) is 1. The van der Waals surface area contributed by atoms with Gasteiger partial charge in [0.1, 0.15) is 0 Å². The van der Waals surface area contributed by atoms with Gasteiger partial charge in [-0.25, -0.2) is 0 Å². The fourth-order valence-electron chi connectivity index (χ4n) is 0.788. The molecule has 0 radical (unpaired) electrons. The van der Waals surface area contributed by atoms with E-state index in [-0.39, 0.29) is 12.1 Å². The molecule has 0 heterocycles. The van der Waals surface area contributed by atoms with Crippen LogP contribution in [0.3, 0.4) is 0 Å². The van der Waals surface area contributed by atoms with Gasteiger partial charge in [0.05, 0.1) is 6.17 Å². The molecule has 0 saturated carbocycles. The molecule has 1 amide bonds. The summed E-state index contributed by atoms with van der Waals surface area (Å²) in [4.78, 5) is 11.0. The summed E-state index contributed by atoms with van der Waals surface area (Å²) in [6.45, 7) is 7.28. The number of rotatable bonds is 5. The van der Waals surface area contributed by atoms with Crippen LogP contribution in [0, 0.1) is 0 Å². The molecule has 1 unspecified atom stereocenters. The Balaban J connectivity index is 3.61. The van der Waals surface area contributed by atoms with E-state index in [4.69, 9.17) is 5.73 Å². The van der Waals surface area contributed by atoms with Crippen LogP contribution < -0.4 is 11.1 Å². The molecule has 0 fully saturated rings. The van der Waals surface area contributed by atoms with Crippen LogP contribution in [0.2, 0.25) is 0 Å². The van der Waals surface area contributed by atoms with E-state index in [1.807, 2.05) is 0 Å². The second-order valence-electron chi connectivity index (χ2n) is 3.00. The minimum Gasteiger partial charge on any atom is -0.337 e. The first-order valence-corrected chi connectivity index (χ1v) is 4.30. The van der Waals surface area contributed by atoms with Crippen molar-refractivity contribution in [2.75, 3.05) is 0 Å². The molecule has 3 heteroatoms. The Labute approximate surface area is 74.0 Å². The maximum Gasteiger partial charge on any atom is 0.247 e. The second-order valence-corrected chi connectivity index (χ2v) is 3.00. The molecule has 70 valence electrons. The monoisotopic (exact) mass is 170 g/mol. The van der Waals surface area contributed by atoms with Gasteiger partial charge in [-0.1, -0.05) is 26.3 Å². The van der Waals surface area contributed by atoms with Crippen LogP contribution in [0.5, 0.6) is 0 Å². The minimum atomic E-state index is -0.228. The van der Waals surface area contributed by atoms with Crippen molar-refractivity contribution in [1.29, 1.82) is 0 Å². The highest BCUT2D eigenvalue weighted by Gasteiger charge is 2.06. The average Bonchev–Trinajstić information content (AvgIpc) is 2.00. The third-order valence-corrected chi connectivity index (χ3v) is 1.57. The third kappa shape index (κ3) is 4.91. The standard InChI is InChI=1S/C9H18N2O/c1-4-5-6-8(10)11-9(12)7(2)3/h8H,2,4-6,10H2,1,3H3,(H,11,12). The molecule has 0 rings (SSSR count).